The number of amides is 1. The first-order chi connectivity index (χ1) is 20.4. The molecule has 0 radical (unpaired) electrons. The van der Waals surface area contributed by atoms with Gasteiger partial charge in [-0.1, -0.05) is 35.9 Å². The number of hydrogen-bond donors (Lipinski definition) is 2. The van der Waals surface area contributed by atoms with Gasteiger partial charge in [0, 0.05) is 61.3 Å². The van der Waals surface area contributed by atoms with Gasteiger partial charge in [0.2, 0.25) is 0 Å². The quantitative estimate of drug-likeness (QED) is 0.354. The lowest BCUT2D eigenvalue weighted by atomic mass is 9.80. The van der Waals surface area contributed by atoms with E-state index in [2.05, 4.69) is 16.3 Å². The van der Waals surface area contributed by atoms with Gasteiger partial charge in [-0.15, -0.1) is 0 Å². The zero-order valence-electron chi connectivity index (χ0n) is 23.8. The van der Waals surface area contributed by atoms with Crippen LogP contribution in [0.15, 0.2) is 66.9 Å². The van der Waals surface area contributed by atoms with Crippen molar-refractivity contribution in [3.05, 3.63) is 94.4 Å². The third-order valence-electron chi connectivity index (χ3n) is 9.55. The average Bonchev–Trinajstić information content (AvgIpc) is 3.62. The molecule has 3 aliphatic heterocycles. The van der Waals surface area contributed by atoms with Crippen LogP contribution in [0.25, 0.3) is 5.65 Å². The highest BCUT2D eigenvalue weighted by Gasteiger charge is 2.40. The number of aromatic nitrogens is 3. The summed E-state index contributed by atoms with van der Waals surface area (Å²) < 4.78 is 1.84. The van der Waals surface area contributed by atoms with E-state index in [0.717, 1.165) is 66.4 Å². The number of benzene rings is 2. The Hall–Kier alpha value is -3.46. The third-order valence-corrected chi connectivity index (χ3v) is 9.80. The Morgan fingerprint density at radius 1 is 0.976 bits per heavy atom. The van der Waals surface area contributed by atoms with Gasteiger partial charge in [0.05, 0.1) is 11.3 Å². The van der Waals surface area contributed by atoms with Crippen LogP contribution in [0.1, 0.15) is 59.4 Å². The second-order valence-electron chi connectivity index (χ2n) is 12.3. The fourth-order valence-corrected chi connectivity index (χ4v) is 7.17. The first kappa shape index (κ1) is 27.4. The number of halogens is 1. The molecular formula is C33H37ClN6O2. The number of rotatable bonds is 5. The van der Waals surface area contributed by atoms with Crippen molar-refractivity contribution in [2.45, 2.75) is 44.1 Å². The average molecular weight is 585 g/mol. The SMILES string of the molecule is O=C(c1ccc(Cc2nc3c(N4CCC(O)(c5ccc(Cl)cc5)CC4)cccn3n2)cc1)N1CCC2(CCCNC2)C1. The lowest BCUT2D eigenvalue weighted by Crippen LogP contribution is -2.42. The standard InChI is InChI=1S/C33H37ClN6O2/c34-27-10-8-26(9-11-27)33(42)14-19-38(20-15-33)28-3-1-17-40-30(28)36-29(37-40)21-24-4-6-25(7-5-24)31(41)39-18-13-32(23-39)12-2-16-35-22-32/h1,3-11,17,35,42H,2,12-16,18-23H2. The summed E-state index contributed by atoms with van der Waals surface area (Å²) in [5.74, 6) is 0.867. The van der Waals surface area contributed by atoms with Crippen molar-refractivity contribution in [3.63, 3.8) is 0 Å². The number of piperidine rings is 2. The summed E-state index contributed by atoms with van der Waals surface area (Å²) in [5.41, 5.74) is 3.96. The Bertz CT molecular complexity index is 1570. The number of nitrogens with one attached hydrogen (secondary N) is 1. The lowest BCUT2D eigenvalue weighted by molar-refractivity contribution is 0.0118. The van der Waals surface area contributed by atoms with E-state index in [1.54, 1.807) is 0 Å². The summed E-state index contributed by atoms with van der Waals surface area (Å²) in [6, 6.07) is 19.5. The van der Waals surface area contributed by atoms with Gasteiger partial charge in [0.1, 0.15) is 0 Å². The third kappa shape index (κ3) is 5.27. The summed E-state index contributed by atoms with van der Waals surface area (Å²) in [5, 5.41) is 20.3. The largest absolute Gasteiger partial charge is 0.385 e. The molecule has 1 spiro atoms. The Kier molecular flexibility index (Phi) is 7.16. The molecule has 8 nitrogen and oxygen atoms in total. The molecule has 0 aliphatic carbocycles. The van der Waals surface area contributed by atoms with E-state index in [0.29, 0.717) is 37.4 Å². The smallest absolute Gasteiger partial charge is 0.253 e. The Balaban J connectivity index is 1.02. The molecule has 1 atom stereocenters. The normalized spacial score (nSPS) is 22.2. The zero-order chi connectivity index (χ0) is 28.7. The second kappa shape index (κ2) is 11.0. The molecule has 3 aliphatic rings. The molecule has 5 heterocycles. The molecule has 3 saturated heterocycles. The first-order valence-electron chi connectivity index (χ1n) is 15.1. The van der Waals surface area contributed by atoms with Crippen LogP contribution >= 0.6 is 11.6 Å². The van der Waals surface area contributed by atoms with Gasteiger partial charge >= 0.3 is 0 Å². The van der Waals surface area contributed by atoms with Crippen LogP contribution in [0, 0.1) is 5.41 Å². The molecule has 1 unspecified atom stereocenters. The summed E-state index contributed by atoms with van der Waals surface area (Å²) in [7, 11) is 0. The fraction of sp³-hybridized carbons (Fsp3) is 0.424. The van der Waals surface area contributed by atoms with E-state index in [1.807, 2.05) is 70.2 Å². The predicted octanol–water partition coefficient (Wildman–Crippen LogP) is 4.68. The first-order valence-corrected chi connectivity index (χ1v) is 15.4. The molecule has 4 aromatic rings. The number of hydrogen-bond acceptors (Lipinski definition) is 6. The Morgan fingerprint density at radius 2 is 1.76 bits per heavy atom. The van der Waals surface area contributed by atoms with Crippen molar-refractivity contribution >= 4 is 28.8 Å². The molecule has 0 bridgehead atoms. The van der Waals surface area contributed by atoms with Crippen LogP contribution in [-0.2, 0) is 12.0 Å². The molecule has 3 fully saturated rings. The van der Waals surface area contributed by atoms with Crippen LogP contribution in [0.4, 0.5) is 5.69 Å². The van der Waals surface area contributed by atoms with Gasteiger partial charge in [0.15, 0.2) is 11.5 Å². The summed E-state index contributed by atoms with van der Waals surface area (Å²) in [4.78, 5) is 22.5. The number of anilines is 1. The van der Waals surface area contributed by atoms with Crippen LogP contribution in [0.2, 0.25) is 5.02 Å². The highest BCUT2D eigenvalue weighted by molar-refractivity contribution is 6.30. The summed E-state index contributed by atoms with van der Waals surface area (Å²) >= 11 is 6.05. The topological polar surface area (TPSA) is 86.0 Å². The molecule has 2 aromatic carbocycles. The molecule has 1 amide bonds. The number of carbonyl (C=O) groups is 1. The van der Waals surface area contributed by atoms with Gasteiger partial charge in [0.25, 0.3) is 5.91 Å². The van der Waals surface area contributed by atoms with E-state index in [-0.39, 0.29) is 11.3 Å². The molecular weight excluding hydrogens is 548 g/mol. The van der Waals surface area contributed by atoms with Crippen molar-refractivity contribution in [3.8, 4) is 0 Å². The van der Waals surface area contributed by atoms with Gasteiger partial charge in [-0.2, -0.15) is 5.10 Å². The monoisotopic (exact) mass is 584 g/mol. The molecule has 42 heavy (non-hydrogen) atoms. The van der Waals surface area contributed by atoms with Crippen LogP contribution in [0.5, 0.6) is 0 Å². The van der Waals surface area contributed by atoms with E-state index < -0.39 is 5.60 Å². The fourth-order valence-electron chi connectivity index (χ4n) is 7.04. The van der Waals surface area contributed by atoms with Gasteiger partial charge in [-0.3, -0.25) is 4.79 Å². The zero-order valence-corrected chi connectivity index (χ0v) is 24.6. The maximum absolute atomic E-state index is 13.2. The highest BCUT2D eigenvalue weighted by atomic mass is 35.5. The van der Waals surface area contributed by atoms with E-state index in [1.165, 1.54) is 12.8 Å². The van der Waals surface area contributed by atoms with Crippen molar-refractivity contribution in [2.75, 3.05) is 44.2 Å². The predicted molar refractivity (Wildman–Crippen MR) is 164 cm³/mol. The maximum Gasteiger partial charge on any atom is 0.253 e. The Morgan fingerprint density at radius 3 is 2.50 bits per heavy atom. The molecule has 7 rings (SSSR count). The van der Waals surface area contributed by atoms with Crippen molar-refractivity contribution in [1.82, 2.24) is 24.8 Å². The molecule has 218 valence electrons. The molecule has 9 heteroatoms. The van der Waals surface area contributed by atoms with Gasteiger partial charge in [-0.05, 0) is 86.2 Å². The van der Waals surface area contributed by atoms with Crippen LogP contribution in [-0.4, -0.2) is 69.8 Å². The number of pyridine rings is 1. The maximum atomic E-state index is 13.2. The number of aliphatic hydroxyl groups is 1. The van der Waals surface area contributed by atoms with Crippen LogP contribution < -0.4 is 10.2 Å². The highest BCUT2D eigenvalue weighted by Crippen LogP contribution is 2.37. The molecule has 2 aromatic heterocycles. The summed E-state index contributed by atoms with van der Waals surface area (Å²) in [6.07, 6.45) is 7.25. The number of likely N-dealkylation sites (tertiary alicyclic amines) is 1. The van der Waals surface area contributed by atoms with Crippen molar-refractivity contribution < 1.29 is 9.90 Å². The Labute approximate surface area is 251 Å². The van der Waals surface area contributed by atoms with E-state index in [9.17, 15) is 9.90 Å². The second-order valence-corrected chi connectivity index (χ2v) is 12.8. The summed E-state index contributed by atoms with van der Waals surface area (Å²) in [6.45, 7) is 5.23. The minimum atomic E-state index is -0.859. The van der Waals surface area contributed by atoms with E-state index in [4.69, 9.17) is 21.7 Å². The van der Waals surface area contributed by atoms with Crippen molar-refractivity contribution in [2.24, 2.45) is 5.41 Å². The van der Waals surface area contributed by atoms with Crippen LogP contribution in [0.3, 0.4) is 0 Å². The molecule has 2 N–H and O–H groups in total. The van der Waals surface area contributed by atoms with Gasteiger partial charge in [-0.25, -0.2) is 9.50 Å². The number of carbonyl (C=O) groups excluding carboxylic acids is 1. The minimum Gasteiger partial charge on any atom is -0.385 e. The number of fused-ring (bicyclic) bond motifs is 1. The number of nitrogens with zero attached hydrogens (tertiary/aromatic N) is 5. The molecule has 0 saturated carbocycles. The van der Waals surface area contributed by atoms with E-state index >= 15 is 0 Å². The van der Waals surface area contributed by atoms with Crippen molar-refractivity contribution in [1.29, 1.82) is 0 Å². The minimum absolute atomic E-state index is 0.129. The lowest BCUT2D eigenvalue weighted by Gasteiger charge is -2.39. The van der Waals surface area contributed by atoms with Gasteiger partial charge < -0.3 is 20.2 Å².